The Kier molecular flexibility index (Phi) is 5.79. The number of esters is 1. The van der Waals surface area contributed by atoms with Gasteiger partial charge in [0, 0.05) is 19.1 Å². The maximum absolute atomic E-state index is 11.8. The first kappa shape index (κ1) is 16.6. The molecule has 1 rings (SSSR count). The zero-order valence-corrected chi connectivity index (χ0v) is 11.6. The van der Waals surface area contributed by atoms with Gasteiger partial charge < -0.3 is 15.2 Å². The molecule has 2 N–H and O–H groups in total. The fourth-order valence-electron chi connectivity index (χ4n) is 1.73. The van der Waals surface area contributed by atoms with E-state index in [1.165, 1.54) is 25.1 Å². The predicted molar refractivity (Wildman–Crippen MR) is 72.3 cm³/mol. The summed E-state index contributed by atoms with van der Waals surface area (Å²) in [7, 11) is 0. The highest BCUT2D eigenvalue weighted by atomic mass is 16.6. The standard InChI is InChI=1S/C13H16N2O6/c1-3-21-13(18)11(14-8(2)16)12(17)9-5-4-6-10(7-9)15(19)20/h4-7,11-12,17H,3H2,1-2H3,(H,14,16). The number of carbonyl (C=O) groups is 2. The molecular weight excluding hydrogens is 280 g/mol. The Morgan fingerprint density at radius 3 is 2.67 bits per heavy atom. The second-order valence-electron chi connectivity index (χ2n) is 4.23. The van der Waals surface area contributed by atoms with Gasteiger partial charge in [0.25, 0.3) is 5.69 Å². The number of nitrogens with one attached hydrogen (secondary N) is 1. The van der Waals surface area contributed by atoms with E-state index in [0.29, 0.717) is 0 Å². The lowest BCUT2D eigenvalue weighted by Gasteiger charge is -2.22. The van der Waals surface area contributed by atoms with Gasteiger partial charge in [-0.05, 0) is 12.5 Å². The molecule has 0 spiro atoms. The summed E-state index contributed by atoms with van der Waals surface area (Å²) in [5, 5.41) is 23.2. The van der Waals surface area contributed by atoms with E-state index in [1.54, 1.807) is 6.92 Å². The molecule has 8 heteroatoms. The SMILES string of the molecule is CCOC(=O)C(NC(C)=O)C(O)c1cccc([N+](=O)[O-])c1. The van der Waals surface area contributed by atoms with Crippen LogP contribution >= 0.6 is 0 Å². The van der Waals surface area contributed by atoms with Gasteiger partial charge in [0.05, 0.1) is 11.5 Å². The summed E-state index contributed by atoms with van der Waals surface area (Å²) in [6, 6.07) is 3.87. The number of nitrogens with zero attached hydrogens (tertiary/aromatic N) is 1. The highest BCUT2D eigenvalue weighted by Crippen LogP contribution is 2.22. The van der Waals surface area contributed by atoms with Gasteiger partial charge in [-0.2, -0.15) is 0 Å². The minimum absolute atomic E-state index is 0.0799. The van der Waals surface area contributed by atoms with E-state index in [9.17, 15) is 24.8 Å². The molecule has 21 heavy (non-hydrogen) atoms. The lowest BCUT2D eigenvalue weighted by molar-refractivity contribution is -0.385. The zero-order chi connectivity index (χ0) is 16.0. The Hall–Kier alpha value is -2.48. The first-order chi connectivity index (χ1) is 9.86. The maximum Gasteiger partial charge on any atom is 0.331 e. The van der Waals surface area contributed by atoms with Crippen molar-refractivity contribution in [1.82, 2.24) is 5.32 Å². The minimum atomic E-state index is -1.45. The van der Waals surface area contributed by atoms with Gasteiger partial charge in [-0.15, -0.1) is 0 Å². The van der Waals surface area contributed by atoms with Crippen molar-refractivity contribution in [3.05, 3.63) is 39.9 Å². The van der Waals surface area contributed by atoms with E-state index >= 15 is 0 Å². The number of nitro benzene ring substituents is 1. The number of ether oxygens (including phenoxy) is 1. The third-order valence-corrected chi connectivity index (χ3v) is 2.64. The second kappa shape index (κ2) is 7.34. The number of non-ortho nitro benzene ring substituents is 1. The first-order valence-corrected chi connectivity index (χ1v) is 6.23. The van der Waals surface area contributed by atoms with Crippen molar-refractivity contribution in [1.29, 1.82) is 0 Å². The molecule has 0 aromatic heterocycles. The number of aliphatic hydroxyl groups is 1. The highest BCUT2D eigenvalue weighted by molar-refractivity contribution is 5.84. The van der Waals surface area contributed by atoms with Gasteiger partial charge in [-0.1, -0.05) is 12.1 Å². The van der Waals surface area contributed by atoms with Gasteiger partial charge in [0.2, 0.25) is 5.91 Å². The van der Waals surface area contributed by atoms with Crippen LogP contribution in [-0.2, 0) is 14.3 Å². The Morgan fingerprint density at radius 2 is 2.14 bits per heavy atom. The number of amides is 1. The van der Waals surface area contributed by atoms with Crippen LogP contribution in [-0.4, -0.2) is 34.6 Å². The Bertz CT molecular complexity index is 545. The van der Waals surface area contributed by atoms with Gasteiger partial charge in [0.15, 0.2) is 6.04 Å². The molecule has 1 aromatic carbocycles. The summed E-state index contributed by atoms with van der Waals surface area (Å²) in [6.07, 6.45) is -1.45. The molecule has 0 bridgehead atoms. The van der Waals surface area contributed by atoms with Crippen molar-refractivity contribution in [2.24, 2.45) is 0 Å². The Labute approximate surface area is 120 Å². The van der Waals surface area contributed by atoms with Gasteiger partial charge in [0.1, 0.15) is 6.10 Å². The number of benzene rings is 1. The molecule has 0 saturated heterocycles. The summed E-state index contributed by atoms with van der Waals surface area (Å²) >= 11 is 0. The second-order valence-corrected chi connectivity index (χ2v) is 4.23. The molecule has 0 heterocycles. The van der Waals surface area contributed by atoms with Crippen molar-refractivity contribution in [2.45, 2.75) is 26.0 Å². The molecule has 0 aliphatic heterocycles. The van der Waals surface area contributed by atoms with Crippen LogP contribution in [0.25, 0.3) is 0 Å². The average Bonchev–Trinajstić information content (AvgIpc) is 2.44. The van der Waals surface area contributed by atoms with Crippen molar-refractivity contribution in [3.8, 4) is 0 Å². The van der Waals surface area contributed by atoms with Crippen molar-refractivity contribution < 1.29 is 24.4 Å². The van der Waals surface area contributed by atoms with Crippen molar-refractivity contribution >= 4 is 17.6 Å². The van der Waals surface area contributed by atoms with Gasteiger partial charge in [-0.25, -0.2) is 4.79 Å². The summed E-state index contributed by atoms with van der Waals surface area (Å²) in [4.78, 5) is 33.0. The van der Waals surface area contributed by atoms with Crippen LogP contribution in [0, 0.1) is 10.1 Å². The number of nitro groups is 1. The Balaban J connectivity index is 3.06. The van der Waals surface area contributed by atoms with E-state index in [1.807, 2.05) is 0 Å². The van der Waals surface area contributed by atoms with Crippen LogP contribution < -0.4 is 5.32 Å². The van der Waals surface area contributed by atoms with Crippen LogP contribution in [0.4, 0.5) is 5.69 Å². The van der Waals surface area contributed by atoms with Crippen molar-refractivity contribution in [2.75, 3.05) is 6.61 Å². The normalized spacial score (nSPS) is 13.1. The van der Waals surface area contributed by atoms with E-state index in [4.69, 9.17) is 4.74 Å². The molecule has 1 amide bonds. The largest absolute Gasteiger partial charge is 0.464 e. The maximum atomic E-state index is 11.8. The van der Waals surface area contributed by atoms with Crippen LogP contribution in [0.1, 0.15) is 25.5 Å². The van der Waals surface area contributed by atoms with Crippen LogP contribution in [0.5, 0.6) is 0 Å². The molecule has 0 saturated carbocycles. The molecule has 2 atom stereocenters. The fourth-order valence-corrected chi connectivity index (χ4v) is 1.73. The molecule has 0 aliphatic carbocycles. The average molecular weight is 296 g/mol. The number of rotatable bonds is 6. The lowest BCUT2D eigenvalue weighted by atomic mass is 10.0. The highest BCUT2D eigenvalue weighted by Gasteiger charge is 2.30. The fraction of sp³-hybridized carbons (Fsp3) is 0.385. The summed E-state index contributed by atoms with van der Waals surface area (Å²) in [5.74, 6) is -1.34. The number of hydrogen-bond donors (Lipinski definition) is 2. The molecule has 0 aliphatic rings. The minimum Gasteiger partial charge on any atom is -0.464 e. The summed E-state index contributed by atoms with van der Waals surface area (Å²) < 4.78 is 4.78. The summed E-state index contributed by atoms with van der Waals surface area (Å²) in [5.41, 5.74) is -0.0898. The van der Waals surface area contributed by atoms with E-state index in [0.717, 1.165) is 6.07 Å². The monoisotopic (exact) mass is 296 g/mol. The van der Waals surface area contributed by atoms with Crippen molar-refractivity contribution in [3.63, 3.8) is 0 Å². The molecular formula is C13H16N2O6. The quantitative estimate of drug-likeness (QED) is 0.453. The number of carbonyl (C=O) groups excluding carboxylic acids is 2. The van der Waals surface area contributed by atoms with E-state index < -0.39 is 28.9 Å². The summed E-state index contributed by atoms with van der Waals surface area (Å²) in [6.45, 7) is 2.85. The van der Waals surface area contributed by atoms with Gasteiger partial charge >= 0.3 is 5.97 Å². The van der Waals surface area contributed by atoms with Crippen LogP contribution in [0.15, 0.2) is 24.3 Å². The third-order valence-electron chi connectivity index (χ3n) is 2.64. The smallest absolute Gasteiger partial charge is 0.331 e. The predicted octanol–water partition coefficient (Wildman–Crippen LogP) is 0.696. The van der Waals surface area contributed by atoms with Gasteiger partial charge in [-0.3, -0.25) is 14.9 Å². The van der Waals surface area contributed by atoms with Crippen LogP contribution in [0.3, 0.4) is 0 Å². The van der Waals surface area contributed by atoms with E-state index in [-0.39, 0.29) is 17.9 Å². The van der Waals surface area contributed by atoms with Crippen LogP contribution in [0.2, 0.25) is 0 Å². The number of hydrogen-bond acceptors (Lipinski definition) is 6. The first-order valence-electron chi connectivity index (χ1n) is 6.23. The van der Waals surface area contributed by atoms with E-state index in [2.05, 4.69) is 5.32 Å². The molecule has 2 unspecified atom stereocenters. The topological polar surface area (TPSA) is 119 Å². The zero-order valence-electron chi connectivity index (χ0n) is 11.6. The molecule has 0 fully saturated rings. The molecule has 8 nitrogen and oxygen atoms in total. The Morgan fingerprint density at radius 1 is 1.48 bits per heavy atom. The lowest BCUT2D eigenvalue weighted by Crippen LogP contribution is -2.45. The number of aliphatic hydroxyl groups excluding tert-OH is 1. The molecule has 114 valence electrons. The molecule has 0 radical (unpaired) electrons. The third kappa shape index (κ3) is 4.53. The molecule has 1 aromatic rings.